The smallest absolute Gasteiger partial charge is 0.243 e. The molecule has 2 aliphatic rings. The van der Waals surface area contributed by atoms with Crippen molar-refractivity contribution in [3.05, 3.63) is 29.3 Å². The van der Waals surface area contributed by atoms with Gasteiger partial charge in [-0.3, -0.25) is 4.79 Å². The third-order valence-electron chi connectivity index (χ3n) is 4.42. The Balaban J connectivity index is 1.91. The van der Waals surface area contributed by atoms with E-state index in [0.717, 1.165) is 38.2 Å². The summed E-state index contributed by atoms with van der Waals surface area (Å²) in [5.74, 6) is 0.0387. The van der Waals surface area contributed by atoms with Crippen molar-refractivity contribution in [2.45, 2.75) is 18.4 Å². The number of hydrogen-bond acceptors (Lipinski definition) is 3. The third kappa shape index (κ3) is 2.19. The molecule has 0 aliphatic carbocycles. The van der Waals surface area contributed by atoms with E-state index in [4.69, 9.17) is 17.3 Å². The molecule has 3 N–H and O–H groups in total. The number of anilines is 1. The van der Waals surface area contributed by atoms with Gasteiger partial charge in [-0.2, -0.15) is 0 Å². The zero-order chi connectivity index (χ0) is 13.5. The van der Waals surface area contributed by atoms with Gasteiger partial charge in [0, 0.05) is 29.7 Å². The number of amides is 1. The van der Waals surface area contributed by atoms with E-state index in [-0.39, 0.29) is 11.8 Å². The summed E-state index contributed by atoms with van der Waals surface area (Å²) >= 11 is 6.00. The number of primary amides is 1. The number of fused-ring (bicyclic) bond motifs is 2. The van der Waals surface area contributed by atoms with E-state index in [1.54, 1.807) is 0 Å². The molecule has 3 unspecified atom stereocenters. The van der Waals surface area contributed by atoms with Gasteiger partial charge in [-0.1, -0.05) is 17.7 Å². The van der Waals surface area contributed by atoms with Gasteiger partial charge in [0.25, 0.3) is 0 Å². The summed E-state index contributed by atoms with van der Waals surface area (Å²) < 4.78 is 0. The van der Waals surface area contributed by atoms with E-state index in [0.29, 0.717) is 5.02 Å². The van der Waals surface area contributed by atoms with E-state index < -0.39 is 5.54 Å². The molecule has 3 rings (SSSR count). The Morgan fingerprint density at radius 1 is 1.47 bits per heavy atom. The summed E-state index contributed by atoms with van der Waals surface area (Å²) in [6.45, 7) is 2.94. The molecule has 2 fully saturated rings. The van der Waals surface area contributed by atoms with Gasteiger partial charge in [-0.25, -0.2) is 0 Å². The lowest BCUT2D eigenvalue weighted by Crippen LogP contribution is -2.60. The Morgan fingerprint density at radius 3 is 3.05 bits per heavy atom. The first-order valence-corrected chi connectivity index (χ1v) is 7.04. The molecule has 5 heteroatoms. The number of nitrogens with two attached hydrogens (primary N) is 1. The summed E-state index contributed by atoms with van der Waals surface area (Å²) in [5, 5.41) is 4.04. The Bertz CT molecular complexity index is 507. The van der Waals surface area contributed by atoms with Crippen molar-refractivity contribution in [2.75, 3.05) is 25.0 Å². The van der Waals surface area contributed by atoms with E-state index in [2.05, 4.69) is 10.2 Å². The summed E-state index contributed by atoms with van der Waals surface area (Å²) in [5.41, 5.74) is 5.96. The van der Waals surface area contributed by atoms with Crippen molar-refractivity contribution in [1.82, 2.24) is 4.90 Å². The fourth-order valence-electron chi connectivity index (χ4n) is 3.35. The molecule has 1 aromatic carbocycles. The molecular formula is C14H18ClN3O. The monoisotopic (exact) mass is 279 g/mol. The maximum Gasteiger partial charge on any atom is 0.243 e. The van der Waals surface area contributed by atoms with Crippen molar-refractivity contribution in [2.24, 2.45) is 11.7 Å². The summed E-state index contributed by atoms with van der Waals surface area (Å²) in [6, 6.07) is 7.47. The van der Waals surface area contributed by atoms with Gasteiger partial charge in [0.05, 0.1) is 0 Å². The highest BCUT2D eigenvalue weighted by Gasteiger charge is 2.50. The maximum atomic E-state index is 12.1. The van der Waals surface area contributed by atoms with Gasteiger partial charge in [0.2, 0.25) is 5.91 Å². The van der Waals surface area contributed by atoms with Gasteiger partial charge in [-0.05, 0) is 37.6 Å². The van der Waals surface area contributed by atoms with Crippen LogP contribution in [0, 0.1) is 5.92 Å². The van der Waals surface area contributed by atoms with Gasteiger partial charge >= 0.3 is 0 Å². The molecule has 19 heavy (non-hydrogen) atoms. The SMILES string of the molecule is NC(=O)C1(Nc2cccc(Cl)c2)CCN2CCC1C2. The highest BCUT2D eigenvalue weighted by molar-refractivity contribution is 6.30. The highest BCUT2D eigenvalue weighted by atomic mass is 35.5. The molecule has 0 saturated carbocycles. The van der Waals surface area contributed by atoms with Crippen molar-refractivity contribution < 1.29 is 4.79 Å². The van der Waals surface area contributed by atoms with Gasteiger partial charge in [0.15, 0.2) is 0 Å². The Morgan fingerprint density at radius 2 is 2.32 bits per heavy atom. The predicted octanol–water partition coefficient (Wildman–Crippen LogP) is 1.70. The average molecular weight is 280 g/mol. The van der Waals surface area contributed by atoms with Crippen LogP contribution in [0.2, 0.25) is 5.02 Å². The first-order chi connectivity index (χ1) is 9.10. The molecule has 0 radical (unpaired) electrons. The largest absolute Gasteiger partial charge is 0.371 e. The normalized spacial score (nSPS) is 33.1. The van der Waals surface area contributed by atoms with Crippen LogP contribution in [0.5, 0.6) is 0 Å². The topological polar surface area (TPSA) is 58.4 Å². The molecule has 3 atom stereocenters. The van der Waals surface area contributed by atoms with Crippen LogP contribution in [0.4, 0.5) is 5.69 Å². The average Bonchev–Trinajstić information content (AvgIpc) is 2.77. The summed E-state index contributed by atoms with van der Waals surface area (Å²) in [6.07, 6.45) is 1.79. The molecule has 1 aromatic rings. The molecular weight excluding hydrogens is 262 g/mol. The van der Waals surface area contributed by atoms with Crippen LogP contribution in [-0.2, 0) is 4.79 Å². The number of piperidine rings is 1. The number of benzene rings is 1. The van der Waals surface area contributed by atoms with Gasteiger partial charge in [-0.15, -0.1) is 0 Å². The molecule has 2 bridgehead atoms. The standard InChI is InChI=1S/C14H18ClN3O/c15-11-2-1-3-12(8-11)17-14(13(16)19)5-7-18-6-4-10(14)9-18/h1-3,8,10,17H,4-7,9H2,(H2,16,19). The fourth-order valence-corrected chi connectivity index (χ4v) is 3.54. The minimum absolute atomic E-state index is 0.251. The zero-order valence-corrected chi connectivity index (χ0v) is 11.5. The Hall–Kier alpha value is -1.26. The van der Waals surface area contributed by atoms with Crippen LogP contribution in [0.25, 0.3) is 0 Å². The number of halogens is 1. The lowest BCUT2D eigenvalue weighted by Gasteiger charge is -2.41. The third-order valence-corrected chi connectivity index (χ3v) is 4.66. The molecule has 1 amide bonds. The number of carbonyl (C=O) groups is 1. The maximum absolute atomic E-state index is 12.1. The summed E-state index contributed by atoms with van der Waals surface area (Å²) in [7, 11) is 0. The van der Waals surface area contributed by atoms with E-state index in [1.165, 1.54) is 0 Å². The van der Waals surface area contributed by atoms with E-state index in [9.17, 15) is 4.79 Å². The second kappa shape index (κ2) is 4.69. The quantitative estimate of drug-likeness (QED) is 0.885. The molecule has 102 valence electrons. The number of carbonyl (C=O) groups excluding carboxylic acids is 1. The molecule has 2 heterocycles. The van der Waals surface area contributed by atoms with Crippen LogP contribution in [0.1, 0.15) is 12.8 Å². The van der Waals surface area contributed by atoms with E-state index >= 15 is 0 Å². The lowest BCUT2D eigenvalue weighted by molar-refractivity contribution is -0.125. The van der Waals surface area contributed by atoms with Crippen LogP contribution in [0.15, 0.2) is 24.3 Å². The Kier molecular flexibility index (Phi) is 3.15. The molecule has 0 spiro atoms. The number of nitrogens with zero attached hydrogens (tertiary/aromatic N) is 1. The van der Waals surface area contributed by atoms with Crippen molar-refractivity contribution in [3.8, 4) is 0 Å². The van der Waals surface area contributed by atoms with Crippen molar-refractivity contribution in [1.29, 1.82) is 0 Å². The van der Waals surface area contributed by atoms with Crippen LogP contribution in [0.3, 0.4) is 0 Å². The minimum atomic E-state index is -0.627. The zero-order valence-electron chi connectivity index (χ0n) is 10.7. The molecule has 2 saturated heterocycles. The minimum Gasteiger partial charge on any atom is -0.371 e. The number of nitrogens with one attached hydrogen (secondary N) is 1. The fraction of sp³-hybridized carbons (Fsp3) is 0.500. The van der Waals surface area contributed by atoms with E-state index in [1.807, 2.05) is 24.3 Å². The van der Waals surface area contributed by atoms with Crippen LogP contribution < -0.4 is 11.1 Å². The van der Waals surface area contributed by atoms with Crippen LogP contribution in [-0.4, -0.2) is 36.0 Å². The van der Waals surface area contributed by atoms with Gasteiger partial charge in [0.1, 0.15) is 5.54 Å². The molecule has 4 nitrogen and oxygen atoms in total. The second-order valence-electron chi connectivity index (χ2n) is 5.51. The second-order valence-corrected chi connectivity index (χ2v) is 5.94. The summed E-state index contributed by atoms with van der Waals surface area (Å²) in [4.78, 5) is 14.5. The number of hydrogen-bond donors (Lipinski definition) is 2. The highest BCUT2D eigenvalue weighted by Crippen LogP contribution is 2.38. The van der Waals surface area contributed by atoms with Gasteiger partial charge < -0.3 is 16.0 Å². The molecule has 2 aliphatic heterocycles. The van der Waals surface area contributed by atoms with Crippen LogP contribution >= 0.6 is 11.6 Å². The lowest BCUT2D eigenvalue weighted by atomic mass is 9.78. The molecule has 0 aromatic heterocycles. The predicted molar refractivity (Wildman–Crippen MR) is 76.2 cm³/mol. The first kappa shape index (κ1) is 12.8. The number of rotatable bonds is 3. The van der Waals surface area contributed by atoms with Crippen molar-refractivity contribution >= 4 is 23.2 Å². The Labute approximate surface area is 117 Å². The van der Waals surface area contributed by atoms with Crippen molar-refractivity contribution in [3.63, 3.8) is 0 Å². The first-order valence-electron chi connectivity index (χ1n) is 6.66.